The third-order valence-corrected chi connectivity index (χ3v) is 5.54. The molecule has 1 aromatic heterocycles. The van der Waals surface area contributed by atoms with Crippen LogP contribution < -0.4 is 10.0 Å². The Labute approximate surface area is 129 Å². The molecule has 0 unspecified atom stereocenters. The van der Waals surface area contributed by atoms with E-state index in [1.807, 2.05) is 6.92 Å². The van der Waals surface area contributed by atoms with Crippen LogP contribution in [0.1, 0.15) is 39.4 Å². The monoisotopic (exact) mass is 366 g/mol. The van der Waals surface area contributed by atoms with Crippen molar-refractivity contribution < 1.29 is 12.8 Å². The van der Waals surface area contributed by atoms with Crippen LogP contribution in [0.3, 0.4) is 0 Å². The molecule has 0 radical (unpaired) electrons. The number of rotatable bonds is 9. The average molecular weight is 367 g/mol. The largest absolute Gasteiger partial charge is 0.452 e. The Kier molecular flexibility index (Phi) is 7.22. The Morgan fingerprint density at radius 1 is 1.30 bits per heavy atom. The Morgan fingerprint density at radius 2 is 1.95 bits per heavy atom. The van der Waals surface area contributed by atoms with Gasteiger partial charge in [0.2, 0.25) is 10.0 Å². The molecule has 0 amide bonds. The van der Waals surface area contributed by atoms with Gasteiger partial charge < -0.3 is 9.73 Å². The fourth-order valence-electron chi connectivity index (χ4n) is 1.80. The molecule has 116 valence electrons. The molecule has 0 aromatic carbocycles. The number of hydrogen-bond acceptors (Lipinski definition) is 4. The second-order valence-electron chi connectivity index (χ2n) is 4.67. The molecule has 0 fully saturated rings. The van der Waals surface area contributed by atoms with Crippen LogP contribution in [0.25, 0.3) is 0 Å². The Balaban J connectivity index is 2.79. The number of sulfonamides is 1. The van der Waals surface area contributed by atoms with Gasteiger partial charge in [0.05, 0.1) is 6.54 Å². The van der Waals surface area contributed by atoms with Gasteiger partial charge in [0.25, 0.3) is 0 Å². The lowest BCUT2D eigenvalue weighted by atomic mass is 10.0. The highest BCUT2D eigenvalue weighted by molar-refractivity contribution is 9.10. The summed E-state index contributed by atoms with van der Waals surface area (Å²) in [4.78, 5) is 0.163. The maximum Gasteiger partial charge on any atom is 0.244 e. The van der Waals surface area contributed by atoms with Crippen molar-refractivity contribution in [3.63, 3.8) is 0 Å². The van der Waals surface area contributed by atoms with Crippen LogP contribution in [0.4, 0.5) is 0 Å². The number of furan rings is 1. The van der Waals surface area contributed by atoms with Crippen molar-refractivity contribution >= 4 is 26.0 Å². The van der Waals surface area contributed by atoms with E-state index < -0.39 is 10.0 Å². The summed E-state index contributed by atoms with van der Waals surface area (Å²) in [6, 6.07) is 1.56. The van der Waals surface area contributed by atoms with Gasteiger partial charge in [0.15, 0.2) is 4.67 Å². The van der Waals surface area contributed by atoms with Crippen molar-refractivity contribution in [1.29, 1.82) is 0 Å². The highest BCUT2D eigenvalue weighted by atomic mass is 79.9. The molecule has 0 saturated carbocycles. The molecule has 0 aliphatic heterocycles. The van der Waals surface area contributed by atoms with E-state index in [-0.39, 0.29) is 9.56 Å². The van der Waals surface area contributed by atoms with E-state index >= 15 is 0 Å². The van der Waals surface area contributed by atoms with Crippen molar-refractivity contribution in [1.82, 2.24) is 10.0 Å². The zero-order valence-electron chi connectivity index (χ0n) is 12.2. The summed E-state index contributed by atoms with van der Waals surface area (Å²) in [6.07, 6.45) is 1.91. The molecule has 7 heteroatoms. The number of nitrogens with one attached hydrogen (secondary N) is 2. The summed E-state index contributed by atoms with van der Waals surface area (Å²) in [5.74, 6) is 0.957. The molecule has 0 atom stereocenters. The van der Waals surface area contributed by atoms with E-state index in [4.69, 9.17) is 4.42 Å². The first-order chi connectivity index (χ1) is 9.44. The summed E-state index contributed by atoms with van der Waals surface area (Å²) >= 11 is 3.17. The lowest BCUT2D eigenvalue weighted by Gasteiger charge is -2.12. The zero-order chi connectivity index (χ0) is 15.2. The second-order valence-corrected chi connectivity index (χ2v) is 7.12. The predicted octanol–water partition coefficient (Wildman–Crippen LogP) is 2.87. The van der Waals surface area contributed by atoms with Crippen molar-refractivity contribution in [2.45, 2.75) is 45.1 Å². The van der Waals surface area contributed by atoms with Crippen LogP contribution in [-0.4, -0.2) is 21.5 Å². The molecular formula is C13H23BrN2O3S. The van der Waals surface area contributed by atoms with Gasteiger partial charge in [-0.3, -0.25) is 0 Å². The number of halogens is 1. The Bertz CT molecular complexity index is 510. The fraction of sp³-hybridized carbons (Fsp3) is 0.692. The van der Waals surface area contributed by atoms with Crippen LogP contribution in [0.5, 0.6) is 0 Å². The summed E-state index contributed by atoms with van der Waals surface area (Å²) in [5, 5.41) is 3.10. The SMILES string of the molecule is CCNCc1cc(S(=O)(=O)NCC(CC)CC)c(Br)o1. The molecular weight excluding hydrogens is 344 g/mol. The molecule has 20 heavy (non-hydrogen) atoms. The first kappa shape index (κ1) is 17.7. The minimum Gasteiger partial charge on any atom is -0.452 e. The van der Waals surface area contributed by atoms with Gasteiger partial charge in [-0.15, -0.1) is 0 Å². The highest BCUT2D eigenvalue weighted by Crippen LogP contribution is 2.26. The van der Waals surface area contributed by atoms with Gasteiger partial charge >= 0.3 is 0 Å². The van der Waals surface area contributed by atoms with Crippen molar-refractivity contribution in [3.05, 3.63) is 16.5 Å². The van der Waals surface area contributed by atoms with Crippen LogP contribution in [0.15, 0.2) is 20.0 Å². The first-order valence-electron chi connectivity index (χ1n) is 6.93. The van der Waals surface area contributed by atoms with Crippen molar-refractivity contribution in [2.75, 3.05) is 13.1 Å². The van der Waals surface area contributed by atoms with E-state index in [0.29, 0.717) is 24.8 Å². The van der Waals surface area contributed by atoms with Crippen LogP contribution >= 0.6 is 15.9 Å². The van der Waals surface area contributed by atoms with E-state index in [1.165, 1.54) is 0 Å². The van der Waals surface area contributed by atoms with E-state index in [9.17, 15) is 8.42 Å². The van der Waals surface area contributed by atoms with E-state index in [1.54, 1.807) is 6.07 Å². The maximum absolute atomic E-state index is 12.3. The minimum absolute atomic E-state index is 0.163. The number of hydrogen-bond donors (Lipinski definition) is 2. The van der Waals surface area contributed by atoms with Crippen molar-refractivity contribution in [3.8, 4) is 0 Å². The molecule has 0 aliphatic carbocycles. The van der Waals surface area contributed by atoms with Gasteiger partial charge in [-0.05, 0) is 28.4 Å². The lowest BCUT2D eigenvalue weighted by molar-refractivity contribution is 0.462. The molecule has 1 rings (SSSR count). The van der Waals surface area contributed by atoms with E-state index in [2.05, 4.69) is 39.8 Å². The van der Waals surface area contributed by atoms with Gasteiger partial charge in [0.1, 0.15) is 10.7 Å². The normalized spacial score (nSPS) is 12.2. The second kappa shape index (κ2) is 8.17. The average Bonchev–Trinajstić information content (AvgIpc) is 2.79. The molecule has 2 N–H and O–H groups in total. The molecule has 0 spiro atoms. The summed E-state index contributed by atoms with van der Waals surface area (Å²) in [6.45, 7) is 7.86. The third kappa shape index (κ3) is 4.87. The van der Waals surface area contributed by atoms with E-state index in [0.717, 1.165) is 19.4 Å². The third-order valence-electron chi connectivity index (χ3n) is 3.26. The lowest BCUT2D eigenvalue weighted by Crippen LogP contribution is -2.29. The maximum atomic E-state index is 12.3. The van der Waals surface area contributed by atoms with Crippen LogP contribution in [0, 0.1) is 5.92 Å². The molecule has 0 saturated heterocycles. The summed E-state index contributed by atoms with van der Waals surface area (Å²) in [7, 11) is -3.53. The summed E-state index contributed by atoms with van der Waals surface area (Å²) in [5.41, 5.74) is 0. The fourth-order valence-corrected chi connectivity index (χ4v) is 3.91. The van der Waals surface area contributed by atoms with Gasteiger partial charge in [-0.2, -0.15) is 0 Å². The Hall–Kier alpha value is -0.370. The van der Waals surface area contributed by atoms with Gasteiger partial charge in [0, 0.05) is 12.6 Å². The molecule has 0 bridgehead atoms. The standard InChI is InChI=1S/C13H23BrN2O3S/c1-4-10(5-2)8-16-20(17,18)12-7-11(9-15-6-3)19-13(12)14/h7,10,15-16H,4-6,8-9H2,1-3H3. The highest BCUT2D eigenvalue weighted by Gasteiger charge is 2.22. The minimum atomic E-state index is -3.53. The molecule has 1 heterocycles. The van der Waals surface area contributed by atoms with Crippen LogP contribution in [0.2, 0.25) is 0 Å². The van der Waals surface area contributed by atoms with Crippen LogP contribution in [-0.2, 0) is 16.6 Å². The van der Waals surface area contributed by atoms with Crippen molar-refractivity contribution in [2.24, 2.45) is 5.92 Å². The topological polar surface area (TPSA) is 71.3 Å². The first-order valence-corrected chi connectivity index (χ1v) is 9.20. The quantitative estimate of drug-likeness (QED) is 0.704. The molecule has 1 aromatic rings. The van der Waals surface area contributed by atoms with Gasteiger partial charge in [-0.25, -0.2) is 13.1 Å². The predicted molar refractivity (Wildman–Crippen MR) is 83.0 cm³/mol. The zero-order valence-corrected chi connectivity index (χ0v) is 14.6. The summed E-state index contributed by atoms with van der Waals surface area (Å²) < 4.78 is 32.8. The Morgan fingerprint density at radius 3 is 2.50 bits per heavy atom. The molecule has 5 nitrogen and oxygen atoms in total. The smallest absolute Gasteiger partial charge is 0.244 e. The van der Waals surface area contributed by atoms with Gasteiger partial charge in [-0.1, -0.05) is 33.6 Å². The molecule has 0 aliphatic rings.